The zero-order valence-electron chi connectivity index (χ0n) is 9.75. The lowest BCUT2D eigenvalue weighted by Gasteiger charge is -2.01. The number of carboxylic acids is 1. The van der Waals surface area contributed by atoms with Crippen LogP contribution in [-0.2, 0) is 0 Å². The number of nitrogens with zero attached hydrogens (tertiary/aromatic N) is 2. The number of benzene rings is 1. The van der Waals surface area contributed by atoms with E-state index in [0.717, 1.165) is 0 Å². The standard InChI is InChI=1S/C14H9ClN2O2/c15-9-5-6-17-8-12(16-13(17)7-9)10-3-1-2-4-11(10)14(18)19/h1-8H,(H,18,19). The van der Waals surface area contributed by atoms with Gasteiger partial charge in [-0.2, -0.15) is 0 Å². The summed E-state index contributed by atoms with van der Waals surface area (Å²) in [7, 11) is 0. The number of rotatable bonds is 2. The van der Waals surface area contributed by atoms with Crippen molar-refractivity contribution < 1.29 is 9.90 Å². The molecule has 1 aromatic carbocycles. The number of aromatic nitrogens is 2. The first-order chi connectivity index (χ1) is 9.15. The van der Waals surface area contributed by atoms with E-state index in [2.05, 4.69) is 4.98 Å². The second kappa shape index (κ2) is 4.40. The first-order valence-electron chi connectivity index (χ1n) is 5.62. The second-order valence-corrected chi connectivity index (χ2v) is 4.52. The summed E-state index contributed by atoms with van der Waals surface area (Å²) < 4.78 is 1.81. The van der Waals surface area contributed by atoms with Crippen LogP contribution in [0.2, 0.25) is 5.02 Å². The van der Waals surface area contributed by atoms with Crippen molar-refractivity contribution >= 4 is 23.2 Å². The smallest absolute Gasteiger partial charge is 0.336 e. The highest BCUT2D eigenvalue weighted by molar-refractivity contribution is 6.30. The third-order valence-corrected chi connectivity index (χ3v) is 3.09. The number of fused-ring (bicyclic) bond motifs is 1. The zero-order chi connectivity index (χ0) is 13.4. The Labute approximate surface area is 113 Å². The molecular formula is C14H9ClN2O2. The zero-order valence-corrected chi connectivity index (χ0v) is 10.5. The molecule has 0 fully saturated rings. The van der Waals surface area contributed by atoms with E-state index in [-0.39, 0.29) is 5.56 Å². The first-order valence-corrected chi connectivity index (χ1v) is 6.00. The first kappa shape index (κ1) is 11.7. The Bertz CT molecular complexity index is 780. The predicted octanol–water partition coefficient (Wildman–Crippen LogP) is 3.35. The van der Waals surface area contributed by atoms with Crippen molar-refractivity contribution in [1.29, 1.82) is 0 Å². The van der Waals surface area contributed by atoms with E-state index in [1.165, 1.54) is 0 Å². The summed E-state index contributed by atoms with van der Waals surface area (Å²) in [5.41, 5.74) is 2.12. The van der Waals surface area contributed by atoms with Gasteiger partial charge in [-0.25, -0.2) is 9.78 Å². The van der Waals surface area contributed by atoms with Crippen LogP contribution in [0.4, 0.5) is 0 Å². The molecule has 0 spiro atoms. The van der Waals surface area contributed by atoms with Gasteiger partial charge >= 0.3 is 5.97 Å². The van der Waals surface area contributed by atoms with Crippen LogP contribution in [0.1, 0.15) is 10.4 Å². The molecular weight excluding hydrogens is 264 g/mol. The number of hydrogen-bond acceptors (Lipinski definition) is 2. The molecule has 0 saturated carbocycles. The molecule has 0 amide bonds. The third-order valence-electron chi connectivity index (χ3n) is 2.86. The lowest BCUT2D eigenvalue weighted by molar-refractivity contribution is 0.0697. The lowest BCUT2D eigenvalue weighted by Crippen LogP contribution is -1.98. The molecule has 0 saturated heterocycles. The van der Waals surface area contributed by atoms with Crippen LogP contribution in [-0.4, -0.2) is 20.5 Å². The lowest BCUT2D eigenvalue weighted by atomic mass is 10.1. The van der Waals surface area contributed by atoms with Crippen molar-refractivity contribution in [2.24, 2.45) is 0 Å². The maximum Gasteiger partial charge on any atom is 0.336 e. The minimum Gasteiger partial charge on any atom is -0.478 e. The van der Waals surface area contributed by atoms with Crippen LogP contribution in [0.25, 0.3) is 16.9 Å². The van der Waals surface area contributed by atoms with Crippen molar-refractivity contribution in [3.05, 3.63) is 59.4 Å². The van der Waals surface area contributed by atoms with E-state index in [1.54, 1.807) is 53.2 Å². The second-order valence-electron chi connectivity index (χ2n) is 4.09. The normalized spacial score (nSPS) is 10.8. The van der Waals surface area contributed by atoms with Crippen molar-refractivity contribution in [3.8, 4) is 11.3 Å². The van der Waals surface area contributed by atoms with Gasteiger partial charge in [0.2, 0.25) is 0 Å². The number of aromatic carboxylic acids is 1. The summed E-state index contributed by atoms with van der Waals surface area (Å²) in [6.07, 6.45) is 3.57. The highest BCUT2D eigenvalue weighted by Gasteiger charge is 2.13. The SMILES string of the molecule is O=C(O)c1ccccc1-c1cn2ccc(Cl)cc2n1. The molecule has 0 unspecified atom stereocenters. The summed E-state index contributed by atoms with van der Waals surface area (Å²) in [5.74, 6) is -0.967. The van der Waals surface area contributed by atoms with Crippen LogP contribution >= 0.6 is 11.6 Å². The Morgan fingerprint density at radius 1 is 1.26 bits per heavy atom. The van der Waals surface area contributed by atoms with Gasteiger partial charge in [0.15, 0.2) is 0 Å². The van der Waals surface area contributed by atoms with E-state index >= 15 is 0 Å². The minimum atomic E-state index is -0.967. The largest absolute Gasteiger partial charge is 0.478 e. The van der Waals surface area contributed by atoms with Crippen LogP contribution in [0, 0.1) is 0 Å². The van der Waals surface area contributed by atoms with Gasteiger partial charge in [0, 0.05) is 29.0 Å². The van der Waals surface area contributed by atoms with Crippen LogP contribution in [0.5, 0.6) is 0 Å². The van der Waals surface area contributed by atoms with Gasteiger partial charge in [-0.15, -0.1) is 0 Å². The summed E-state index contributed by atoms with van der Waals surface area (Å²) in [6, 6.07) is 10.3. The highest BCUT2D eigenvalue weighted by atomic mass is 35.5. The number of pyridine rings is 1. The molecule has 4 nitrogen and oxygen atoms in total. The van der Waals surface area contributed by atoms with E-state index < -0.39 is 5.97 Å². The topological polar surface area (TPSA) is 54.6 Å². The molecule has 1 N–H and O–H groups in total. The van der Waals surface area contributed by atoms with Gasteiger partial charge in [0.25, 0.3) is 0 Å². The fourth-order valence-electron chi connectivity index (χ4n) is 1.98. The molecule has 2 heterocycles. The molecule has 0 bridgehead atoms. The van der Waals surface area contributed by atoms with Crippen LogP contribution in [0.3, 0.4) is 0 Å². The summed E-state index contributed by atoms with van der Waals surface area (Å²) in [5, 5.41) is 9.78. The summed E-state index contributed by atoms with van der Waals surface area (Å²) in [4.78, 5) is 15.6. The molecule has 19 heavy (non-hydrogen) atoms. The molecule has 0 aliphatic rings. The fourth-order valence-corrected chi connectivity index (χ4v) is 2.13. The van der Waals surface area contributed by atoms with Crippen molar-refractivity contribution in [2.45, 2.75) is 0 Å². The number of halogens is 1. The number of hydrogen-bond donors (Lipinski definition) is 1. The fraction of sp³-hybridized carbons (Fsp3) is 0. The average molecular weight is 273 g/mol. The molecule has 0 radical (unpaired) electrons. The van der Waals surface area contributed by atoms with Gasteiger partial charge in [-0.1, -0.05) is 29.8 Å². The third kappa shape index (κ3) is 2.06. The molecule has 0 aliphatic heterocycles. The van der Waals surface area contributed by atoms with Gasteiger partial charge < -0.3 is 9.51 Å². The van der Waals surface area contributed by atoms with Gasteiger partial charge in [0.1, 0.15) is 5.65 Å². The van der Waals surface area contributed by atoms with Crippen LogP contribution < -0.4 is 0 Å². The van der Waals surface area contributed by atoms with E-state index in [4.69, 9.17) is 11.6 Å². The predicted molar refractivity (Wildman–Crippen MR) is 72.6 cm³/mol. The Balaban J connectivity index is 2.22. The molecule has 3 rings (SSSR count). The quantitative estimate of drug-likeness (QED) is 0.778. The highest BCUT2D eigenvalue weighted by Crippen LogP contribution is 2.24. The average Bonchev–Trinajstić information content (AvgIpc) is 2.81. The summed E-state index contributed by atoms with van der Waals surface area (Å²) >= 11 is 5.91. The monoisotopic (exact) mass is 272 g/mol. The molecule has 0 aliphatic carbocycles. The Morgan fingerprint density at radius 2 is 2.05 bits per heavy atom. The van der Waals surface area contributed by atoms with E-state index in [9.17, 15) is 9.90 Å². The van der Waals surface area contributed by atoms with E-state index in [0.29, 0.717) is 21.9 Å². The Hall–Kier alpha value is -2.33. The Kier molecular flexibility index (Phi) is 2.72. The van der Waals surface area contributed by atoms with E-state index in [1.807, 2.05) is 0 Å². The Morgan fingerprint density at radius 3 is 2.84 bits per heavy atom. The molecule has 2 aromatic heterocycles. The number of carboxylic acid groups (broad SMARTS) is 1. The summed E-state index contributed by atoms with van der Waals surface area (Å²) in [6.45, 7) is 0. The van der Waals surface area contributed by atoms with Crippen LogP contribution in [0.15, 0.2) is 48.8 Å². The van der Waals surface area contributed by atoms with Crippen molar-refractivity contribution in [1.82, 2.24) is 9.38 Å². The van der Waals surface area contributed by atoms with Crippen molar-refractivity contribution in [3.63, 3.8) is 0 Å². The number of carbonyl (C=O) groups is 1. The molecule has 5 heteroatoms. The van der Waals surface area contributed by atoms with Crippen molar-refractivity contribution in [2.75, 3.05) is 0 Å². The van der Waals surface area contributed by atoms with Gasteiger partial charge in [-0.3, -0.25) is 0 Å². The molecule has 94 valence electrons. The molecule has 3 aromatic rings. The van der Waals surface area contributed by atoms with Gasteiger partial charge in [0.05, 0.1) is 11.3 Å². The maximum absolute atomic E-state index is 11.2. The minimum absolute atomic E-state index is 0.233. The maximum atomic E-state index is 11.2. The molecule has 0 atom stereocenters. The van der Waals surface area contributed by atoms with Gasteiger partial charge in [-0.05, 0) is 12.1 Å². The number of imidazole rings is 1.